The number of hydrogen-bond acceptors (Lipinski definition) is 3. The summed E-state index contributed by atoms with van der Waals surface area (Å²) in [5.41, 5.74) is -0.522. The molecule has 0 aliphatic carbocycles. The molecule has 0 aromatic carbocycles. The topological polar surface area (TPSA) is 84.6 Å². The maximum Gasteiger partial charge on any atom is 0.408 e. The van der Waals surface area contributed by atoms with Crippen LogP contribution in [0.25, 0.3) is 0 Å². The van der Waals surface area contributed by atoms with E-state index in [1.807, 2.05) is 33.8 Å². The van der Waals surface area contributed by atoms with Crippen LogP contribution in [0, 0.1) is 17.2 Å². The largest absolute Gasteiger partial charge is 0.465 e. The third-order valence-electron chi connectivity index (χ3n) is 3.76. The van der Waals surface area contributed by atoms with Crippen LogP contribution in [0.15, 0.2) is 0 Å². The summed E-state index contributed by atoms with van der Waals surface area (Å²) in [6, 6.07) is 1.62. The van der Waals surface area contributed by atoms with Gasteiger partial charge in [-0.15, -0.1) is 0 Å². The minimum absolute atomic E-state index is 0.149. The predicted octanol–water partition coefficient (Wildman–Crippen LogP) is 1.92. The van der Waals surface area contributed by atoms with Crippen LogP contribution in [0.4, 0.5) is 4.79 Å². The highest BCUT2D eigenvalue weighted by Gasteiger charge is 2.40. The maximum absolute atomic E-state index is 11.8. The SMILES string of the molecule is CC1CCN(C(=O)CC#N)C[C@H]1N(C(=O)O)C(C)(C)C. The molecule has 1 saturated heterocycles. The minimum Gasteiger partial charge on any atom is -0.465 e. The van der Waals surface area contributed by atoms with Crippen molar-refractivity contribution in [2.75, 3.05) is 13.1 Å². The van der Waals surface area contributed by atoms with Gasteiger partial charge in [0.15, 0.2) is 0 Å². The first-order chi connectivity index (χ1) is 9.18. The molecule has 1 unspecified atom stereocenters. The van der Waals surface area contributed by atoms with E-state index in [1.165, 1.54) is 4.90 Å². The molecular formula is C14H23N3O3. The van der Waals surface area contributed by atoms with Gasteiger partial charge in [0.1, 0.15) is 6.42 Å². The van der Waals surface area contributed by atoms with Crippen LogP contribution in [0.5, 0.6) is 0 Å². The van der Waals surface area contributed by atoms with Crippen LogP contribution in [-0.4, -0.2) is 51.6 Å². The fourth-order valence-corrected chi connectivity index (χ4v) is 2.72. The smallest absolute Gasteiger partial charge is 0.408 e. The summed E-state index contributed by atoms with van der Waals surface area (Å²) >= 11 is 0. The van der Waals surface area contributed by atoms with Crippen LogP contribution in [0.1, 0.15) is 40.5 Å². The lowest BCUT2D eigenvalue weighted by atomic mass is 9.89. The van der Waals surface area contributed by atoms with Gasteiger partial charge in [0, 0.05) is 18.6 Å². The van der Waals surface area contributed by atoms with E-state index in [9.17, 15) is 14.7 Å². The number of rotatable bonds is 2. The zero-order chi connectivity index (χ0) is 15.5. The Morgan fingerprint density at radius 2 is 2.05 bits per heavy atom. The van der Waals surface area contributed by atoms with E-state index >= 15 is 0 Å². The van der Waals surface area contributed by atoms with Crippen molar-refractivity contribution in [2.45, 2.75) is 52.1 Å². The molecule has 0 radical (unpaired) electrons. The Balaban J connectivity index is 2.93. The molecule has 0 aromatic heterocycles. The van der Waals surface area contributed by atoms with Gasteiger partial charge in [-0.1, -0.05) is 6.92 Å². The van der Waals surface area contributed by atoms with Crippen molar-refractivity contribution in [2.24, 2.45) is 5.92 Å². The van der Waals surface area contributed by atoms with Crippen LogP contribution >= 0.6 is 0 Å². The molecule has 1 heterocycles. The highest BCUT2D eigenvalue weighted by atomic mass is 16.4. The summed E-state index contributed by atoms with van der Waals surface area (Å²) in [5.74, 6) is -0.0277. The van der Waals surface area contributed by atoms with E-state index in [0.717, 1.165) is 6.42 Å². The lowest BCUT2D eigenvalue weighted by molar-refractivity contribution is -0.133. The second kappa shape index (κ2) is 6.12. The molecule has 0 aromatic rings. The summed E-state index contributed by atoms with van der Waals surface area (Å²) in [7, 11) is 0. The van der Waals surface area contributed by atoms with Gasteiger partial charge in [0.25, 0.3) is 0 Å². The van der Waals surface area contributed by atoms with Crippen molar-refractivity contribution >= 4 is 12.0 Å². The number of amides is 2. The van der Waals surface area contributed by atoms with Crippen LogP contribution in [0.3, 0.4) is 0 Å². The van der Waals surface area contributed by atoms with Crippen molar-refractivity contribution in [3.8, 4) is 6.07 Å². The van der Waals surface area contributed by atoms with E-state index in [1.54, 1.807) is 4.90 Å². The Hall–Kier alpha value is -1.77. The zero-order valence-corrected chi connectivity index (χ0v) is 12.6. The van der Waals surface area contributed by atoms with E-state index in [-0.39, 0.29) is 24.3 Å². The number of piperidine rings is 1. The van der Waals surface area contributed by atoms with E-state index < -0.39 is 11.6 Å². The Kier molecular flexibility index (Phi) is 4.98. The second-order valence-electron chi connectivity index (χ2n) is 6.33. The number of likely N-dealkylation sites (tertiary alicyclic amines) is 1. The quantitative estimate of drug-likeness (QED) is 0.838. The first kappa shape index (κ1) is 16.3. The molecule has 1 rings (SSSR count). The summed E-state index contributed by atoms with van der Waals surface area (Å²) in [6.07, 6.45) is -0.366. The number of nitriles is 1. The number of nitrogens with zero attached hydrogens (tertiary/aromatic N) is 3. The molecule has 6 heteroatoms. The Morgan fingerprint density at radius 3 is 2.50 bits per heavy atom. The molecule has 2 amide bonds. The highest BCUT2D eigenvalue weighted by Crippen LogP contribution is 2.28. The van der Waals surface area contributed by atoms with E-state index in [4.69, 9.17) is 5.26 Å². The van der Waals surface area contributed by atoms with Crippen molar-refractivity contribution in [1.29, 1.82) is 5.26 Å². The molecule has 0 saturated carbocycles. The van der Waals surface area contributed by atoms with Crippen molar-refractivity contribution in [3.05, 3.63) is 0 Å². The maximum atomic E-state index is 11.8. The van der Waals surface area contributed by atoms with Gasteiger partial charge in [-0.2, -0.15) is 5.26 Å². The van der Waals surface area contributed by atoms with Gasteiger partial charge in [-0.3, -0.25) is 9.69 Å². The standard InChI is InChI=1S/C14H23N3O3/c1-10-6-8-16(12(18)5-7-15)9-11(10)17(13(19)20)14(2,3)4/h10-11H,5-6,8-9H2,1-4H3,(H,19,20)/t10?,11-/m1/s1. The second-order valence-corrected chi connectivity index (χ2v) is 6.33. The molecule has 112 valence electrons. The molecule has 0 spiro atoms. The molecular weight excluding hydrogens is 258 g/mol. The van der Waals surface area contributed by atoms with Crippen molar-refractivity contribution in [3.63, 3.8) is 0 Å². The van der Waals surface area contributed by atoms with E-state index in [2.05, 4.69) is 0 Å². The van der Waals surface area contributed by atoms with Gasteiger partial charge in [-0.25, -0.2) is 4.79 Å². The van der Waals surface area contributed by atoms with Gasteiger partial charge < -0.3 is 10.0 Å². The molecule has 0 bridgehead atoms. The fraction of sp³-hybridized carbons (Fsp3) is 0.786. The van der Waals surface area contributed by atoms with Gasteiger partial charge >= 0.3 is 6.09 Å². The van der Waals surface area contributed by atoms with Gasteiger partial charge in [0.2, 0.25) is 5.91 Å². The molecule has 1 aliphatic heterocycles. The van der Waals surface area contributed by atoms with Crippen LogP contribution < -0.4 is 0 Å². The van der Waals surface area contributed by atoms with Gasteiger partial charge in [-0.05, 0) is 33.1 Å². The first-order valence-electron chi connectivity index (χ1n) is 6.85. The van der Waals surface area contributed by atoms with Crippen molar-refractivity contribution < 1.29 is 14.7 Å². The summed E-state index contributed by atoms with van der Waals surface area (Å²) < 4.78 is 0. The number of carbonyl (C=O) groups excluding carboxylic acids is 1. The average Bonchev–Trinajstić information content (AvgIpc) is 2.29. The van der Waals surface area contributed by atoms with Crippen LogP contribution in [-0.2, 0) is 4.79 Å². The fourth-order valence-electron chi connectivity index (χ4n) is 2.72. The molecule has 1 fully saturated rings. The Bertz CT molecular complexity index is 422. The van der Waals surface area contributed by atoms with E-state index in [0.29, 0.717) is 13.1 Å². The summed E-state index contributed by atoms with van der Waals surface area (Å²) in [6.45, 7) is 8.52. The number of hydrogen-bond donors (Lipinski definition) is 1. The molecule has 1 aliphatic rings. The third kappa shape index (κ3) is 3.62. The summed E-state index contributed by atoms with van der Waals surface area (Å²) in [5, 5.41) is 18.1. The Labute approximate surface area is 120 Å². The normalized spacial score (nSPS) is 23.1. The number of carboxylic acid groups (broad SMARTS) is 1. The molecule has 6 nitrogen and oxygen atoms in total. The zero-order valence-electron chi connectivity index (χ0n) is 12.6. The number of carbonyl (C=O) groups is 2. The summed E-state index contributed by atoms with van der Waals surface area (Å²) in [4.78, 5) is 26.4. The average molecular weight is 281 g/mol. The lowest BCUT2D eigenvalue weighted by Gasteiger charge is -2.47. The third-order valence-corrected chi connectivity index (χ3v) is 3.76. The van der Waals surface area contributed by atoms with Crippen molar-refractivity contribution in [1.82, 2.24) is 9.80 Å². The lowest BCUT2D eigenvalue weighted by Crippen LogP contribution is -2.60. The highest BCUT2D eigenvalue weighted by molar-refractivity contribution is 5.78. The van der Waals surface area contributed by atoms with Gasteiger partial charge in [0.05, 0.1) is 12.1 Å². The Morgan fingerprint density at radius 1 is 1.45 bits per heavy atom. The first-order valence-corrected chi connectivity index (χ1v) is 6.85. The predicted molar refractivity (Wildman–Crippen MR) is 74.0 cm³/mol. The molecule has 20 heavy (non-hydrogen) atoms. The monoisotopic (exact) mass is 281 g/mol. The minimum atomic E-state index is -0.969. The molecule has 1 N–H and O–H groups in total. The molecule has 2 atom stereocenters. The van der Waals surface area contributed by atoms with Crippen LogP contribution in [0.2, 0.25) is 0 Å².